The van der Waals surface area contributed by atoms with Crippen LogP contribution >= 0.6 is 11.6 Å². The second-order valence-corrected chi connectivity index (χ2v) is 7.93. The Balaban J connectivity index is 1.79. The molecule has 4 rings (SSSR count). The molecule has 0 saturated heterocycles. The number of carboxylic acids is 1. The van der Waals surface area contributed by atoms with E-state index in [1.54, 1.807) is 7.11 Å². The van der Waals surface area contributed by atoms with E-state index in [1.165, 1.54) is 0 Å². The van der Waals surface area contributed by atoms with Crippen LogP contribution in [0.1, 0.15) is 17.5 Å². The molecule has 0 unspecified atom stereocenters. The fourth-order valence-electron chi connectivity index (χ4n) is 3.64. The summed E-state index contributed by atoms with van der Waals surface area (Å²) in [6.07, 6.45) is 0.519. The first kappa shape index (κ1) is 21.7. The molecule has 0 spiro atoms. The minimum absolute atomic E-state index is 0.0737. The number of ether oxygens (including phenoxy) is 1. The van der Waals surface area contributed by atoms with Crippen molar-refractivity contribution in [2.75, 3.05) is 7.11 Å². The predicted molar refractivity (Wildman–Crippen MR) is 126 cm³/mol. The highest BCUT2D eigenvalue weighted by Gasteiger charge is 2.16. The highest BCUT2D eigenvalue weighted by atomic mass is 35.5. The van der Waals surface area contributed by atoms with Gasteiger partial charge in [0.25, 0.3) is 0 Å². The molecule has 4 aromatic rings. The smallest absolute Gasteiger partial charge is 0.303 e. The maximum atomic E-state index is 11.0. The van der Waals surface area contributed by atoms with E-state index in [0.717, 1.165) is 33.6 Å². The number of methoxy groups -OCH3 is 1. The quantitative estimate of drug-likeness (QED) is 0.363. The van der Waals surface area contributed by atoms with Crippen molar-refractivity contribution in [1.29, 1.82) is 0 Å². The largest absolute Gasteiger partial charge is 0.496 e. The number of aryl methyl sites for hydroxylation is 1. The number of aliphatic carboxylic acids is 1. The Labute approximate surface area is 191 Å². The van der Waals surface area contributed by atoms with Gasteiger partial charge >= 0.3 is 5.97 Å². The van der Waals surface area contributed by atoms with Crippen LogP contribution in [0.25, 0.3) is 22.5 Å². The molecule has 0 fully saturated rings. The average Bonchev–Trinajstić information content (AvgIpc) is 3.22. The van der Waals surface area contributed by atoms with Gasteiger partial charge in [0.05, 0.1) is 25.0 Å². The lowest BCUT2D eigenvalue weighted by molar-refractivity contribution is -0.136. The van der Waals surface area contributed by atoms with Crippen molar-refractivity contribution in [3.63, 3.8) is 0 Å². The Morgan fingerprint density at radius 1 is 1.00 bits per heavy atom. The van der Waals surface area contributed by atoms with Crippen molar-refractivity contribution in [3.8, 4) is 28.3 Å². The summed E-state index contributed by atoms with van der Waals surface area (Å²) in [7, 11) is 1.62. The number of aromatic nitrogens is 2. The summed E-state index contributed by atoms with van der Waals surface area (Å²) in [5.74, 6) is -0.129. The van der Waals surface area contributed by atoms with Gasteiger partial charge in [-0.3, -0.25) is 9.48 Å². The summed E-state index contributed by atoms with van der Waals surface area (Å²) >= 11 is 6.10. The number of rotatable bonds is 8. The van der Waals surface area contributed by atoms with E-state index in [1.807, 2.05) is 71.4 Å². The number of halogens is 1. The zero-order chi connectivity index (χ0) is 22.5. The fourth-order valence-corrected chi connectivity index (χ4v) is 3.77. The molecule has 1 heterocycles. The van der Waals surface area contributed by atoms with Crippen LogP contribution in [0.15, 0.2) is 78.9 Å². The van der Waals surface area contributed by atoms with Crippen LogP contribution in [0.2, 0.25) is 5.02 Å². The SMILES string of the molecule is COc1ccc(CCC(=O)O)cc1-c1cc(-c2ccc(Cl)cc2)n(Cc2ccccc2)n1. The maximum Gasteiger partial charge on any atom is 0.303 e. The van der Waals surface area contributed by atoms with Crippen molar-refractivity contribution in [1.82, 2.24) is 9.78 Å². The average molecular weight is 447 g/mol. The van der Waals surface area contributed by atoms with Crippen LogP contribution in [-0.4, -0.2) is 28.0 Å². The molecular formula is C26H23ClN2O3. The highest BCUT2D eigenvalue weighted by Crippen LogP contribution is 2.34. The monoisotopic (exact) mass is 446 g/mol. The Kier molecular flexibility index (Phi) is 6.57. The molecule has 3 aromatic carbocycles. The molecule has 0 radical (unpaired) electrons. The minimum atomic E-state index is -0.820. The molecule has 0 bridgehead atoms. The van der Waals surface area contributed by atoms with E-state index < -0.39 is 5.97 Å². The normalized spacial score (nSPS) is 10.8. The Hall–Kier alpha value is -3.57. The molecule has 32 heavy (non-hydrogen) atoms. The van der Waals surface area contributed by atoms with Gasteiger partial charge in [0.1, 0.15) is 5.75 Å². The van der Waals surface area contributed by atoms with Gasteiger partial charge in [-0.25, -0.2) is 0 Å². The summed E-state index contributed by atoms with van der Waals surface area (Å²) in [5, 5.41) is 14.6. The van der Waals surface area contributed by atoms with Crippen molar-refractivity contribution in [2.24, 2.45) is 0 Å². The molecule has 5 nitrogen and oxygen atoms in total. The first-order valence-corrected chi connectivity index (χ1v) is 10.7. The number of hydrogen-bond acceptors (Lipinski definition) is 3. The van der Waals surface area contributed by atoms with E-state index in [-0.39, 0.29) is 6.42 Å². The van der Waals surface area contributed by atoms with E-state index in [0.29, 0.717) is 23.7 Å². The predicted octanol–water partition coefficient (Wildman–Crippen LogP) is 5.94. The summed E-state index contributed by atoms with van der Waals surface area (Å²) in [4.78, 5) is 11.0. The lowest BCUT2D eigenvalue weighted by Gasteiger charge is -2.09. The molecule has 0 aliphatic heterocycles. The summed E-state index contributed by atoms with van der Waals surface area (Å²) in [6, 6.07) is 25.6. The van der Waals surface area contributed by atoms with E-state index in [9.17, 15) is 4.79 Å². The molecule has 6 heteroatoms. The van der Waals surface area contributed by atoms with Crippen LogP contribution in [-0.2, 0) is 17.8 Å². The zero-order valence-corrected chi connectivity index (χ0v) is 18.4. The zero-order valence-electron chi connectivity index (χ0n) is 17.7. The van der Waals surface area contributed by atoms with Crippen molar-refractivity contribution in [3.05, 3.63) is 95.0 Å². The molecule has 0 amide bonds. The van der Waals surface area contributed by atoms with Crippen LogP contribution in [0.3, 0.4) is 0 Å². The van der Waals surface area contributed by atoms with Crippen LogP contribution in [0.5, 0.6) is 5.75 Å². The fraction of sp³-hybridized carbons (Fsp3) is 0.154. The van der Waals surface area contributed by atoms with E-state index >= 15 is 0 Å². The maximum absolute atomic E-state index is 11.0. The number of nitrogens with zero attached hydrogens (tertiary/aromatic N) is 2. The molecule has 1 aromatic heterocycles. The van der Waals surface area contributed by atoms with E-state index in [2.05, 4.69) is 12.1 Å². The Morgan fingerprint density at radius 2 is 1.75 bits per heavy atom. The molecular weight excluding hydrogens is 424 g/mol. The van der Waals surface area contributed by atoms with Crippen LogP contribution < -0.4 is 4.74 Å². The van der Waals surface area contributed by atoms with Gasteiger partial charge in [-0.15, -0.1) is 0 Å². The highest BCUT2D eigenvalue weighted by molar-refractivity contribution is 6.30. The van der Waals surface area contributed by atoms with Crippen molar-refractivity contribution in [2.45, 2.75) is 19.4 Å². The summed E-state index contributed by atoms with van der Waals surface area (Å²) in [6.45, 7) is 0.611. The number of carboxylic acid groups (broad SMARTS) is 1. The second kappa shape index (κ2) is 9.71. The third-order valence-corrected chi connectivity index (χ3v) is 5.51. The van der Waals surface area contributed by atoms with Gasteiger partial charge in [0.15, 0.2) is 0 Å². The minimum Gasteiger partial charge on any atom is -0.496 e. The topological polar surface area (TPSA) is 64.3 Å². The molecule has 0 atom stereocenters. The van der Waals surface area contributed by atoms with Gasteiger partial charge in [0, 0.05) is 17.0 Å². The first-order valence-electron chi connectivity index (χ1n) is 10.3. The second-order valence-electron chi connectivity index (χ2n) is 7.49. The summed E-state index contributed by atoms with van der Waals surface area (Å²) in [5.41, 5.74) is 5.62. The lowest BCUT2D eigenvalue weighted by Crippen LogP contribution is -2.04. The molecule has 0 saturated carbocycles. The number of benzene rings is 3. The summed E-state index contributed by atoms with van der Waals surface area (Å²) < 4.78 is 7.56. The molecule has 0 aliphatic rings. The van der Waals surface area contributed by atoms with Crippen molar-refractivity contribution < 1.29 is 14.6 Å². The van der Waals surface area contributed by atoms with Gasteiger partial charge in [0.2, 0.25) is 0 Å². The number of carbonyl (C=O) groups is 1. The molecule has 1 N–H and O–H groups in total. The van der Waals surface area contributed by atoms with E-state index in [4.69, 9.17) is 26.5 Å². The van der Waals surface area contributed by atoms with Gasteiger partial charge in [-0.05, 0) is 53.4 Å². The molecule has 0 aliphatic carbocycles. The Morgan fingerprint density at radius 3 is 2.44 bits per heavy atom. The van der Waals surface area contributed by atoms with Gasteiger partial charge < -0.3 is 9.84 Å². The number of hydrogen-bond donors (Lipinski definition) is 1. The van der Waals surface area contributed by atoms with Gasteiger partial charge in [-0.1, -0.05) is 60.1 Å². The van der Waals surface area contributed by atoms with Gasteiger partial charge in [-0.2, -0.15) is 5.10 Å². The Bertz CT molecular complexity index is 1220. The third-order valence-electron chi connectivity index (χ3n) is 5.26. The standard InChI is InChI=1S/C26H23ClN2O3/c1-32-25-13-7-18(8-14-26(30)31)15-22(25)23-16-24(20-9-11-21(27)12-10-20)29(28-23)17-19-5-3-2-4-6-19/h2-7,9-13,15-16H,8,14,17H2,1H3,(H,30,31). The van der Waals surface area contributed by atoms with Crippen molar-refractivity contribution >= 4 is 17.6 Å². The third kappa shape index (κ3) is 5.01. The first-order chi connectivity index (χ1) is 15.5. The lowest BCUT2D eigenvalue weighted by atomic mass is 10.0. The van der Waals surface area contributed by atoms with Crippen LogP contribution in [0, 0.1) is 0 Å². The van der Waals surface area contributed by atoms with Crippen LogP contribution in [0.4, 0.5) is 0 Å². The molecule has 162 valence electrons.